The van der Waals surface area contributed by atoms with Crippen molar-refractivity contribution in [3.05, 3.63) is 41.8 Å². The van der Waals surface area contributed by atoms with E-state index in [1.807, 2.05) is 19.2 Å². The summed E-state index contributed by atoms with van der Waals surface area (Å²) in [5.41, 5.74) is 1.14. The van der Waals surface area contributed by atoms with E-state index in [0.717, 1.165) is 24.4 Å². The highest BCUT2D eigenvalue weighted by atomic mass is 16.5. The van der Waals surface area contributed by atoms with E-state index < -0.39 is 0 Å². The van der Waals surface area contributed by atoms with E-state index in [-0.39, 0.29) is 0 Å². The zero-order chi connectivity index (χ0) is 11.2. The van der Waals surface area contributed by atoms with Crippen LogP contribution in [0.15, 0.2) is 29.0 Å². The molecule has 0 fully saturated rings. The molecule has 2 heterocycles. The zero-order valence-electron chi connectivity index (χ0n) is 9.18. The Kier molecular flexibility index (Phi) is 3.61. The number of aromatic nitrogens is 3. The van der Waals surface area contributed by atoms with Gasteiger partial charge in [-0.2, -0.15) is 4.98 Å². The Morgan fingerprint density at radius 1 is 1.31 bits per heavy atom. The average molecular weight is 218 g/mol. The van der Waals surface area contributed by atoms with E-state index in [1.54, 1.807) is 12.4 Å². The molecule has 2 aromatic rings. The van der Waals surface area contributed by atoms with Gasteiger partial charge in [-0.05, 0) is 24.7 Å². The number of hydrogen-bond donors (Lipinski definition) is 1. The maximum Gasteiger partial charge on any atom is 0.227 e. The van der Waals surface area contributed by atoms with Gasteiger partial charge < -0.3 is 9.84 Å². The maximum atomic E-state index is 5.12. The van der Waals surface area contributed by atoms with Crippen LogP contribution >= 0.6 is 0 Å². The molecule has 0 spiro atoms. The van der Waals surface area contributed by atoms with Gasteiger partial charge in [0.05, 0.1) is 0 Å². The van der Waals surface area contributed by atoms with Crippen LogP contribution in [-0.4, -0.2) is 28.7 Å². The summed E-state index contributed by atoms with van der Waals surface area (Å²) >= 11 is 0. The van der Waals surface area contributed by atoms with Crippen molar-refractivity contribution >= 4 is 0 Å². The molecule has 2 rings (SSSR count). The number of hydrogen-bond acceptors (Lipinski definition) is 5. The quantitative estimate of drug-likeness (QED) is 0.804. The lowest BCUT2D eigenvalue weighted by Crippen LogP contribution is -2.10. The summed E-state index contributed by atoms with van der Waals surface area (Å²) in [4.78, 5) is 8.27. The Balaban J connectivity index is 1.97. The van der Waals surface area contributed by atoms with Gasteiger partial charge in [0.15, 0.2) is 5.82 Å². The standard InChI is InChI=1S/C11H14N4O/c1-12-5-4-11-14-10(15-16-11)8-9-2-6-13-7-3-9/h2-3,6-7,12H,4-5,8H2,1H3. The lowest BCUT2D eigenvalue weighted by Gasteiger charge is -1.93. The predicted molar refractivity (Wildman–Crippen MR) is 59.0 cm³/mol. The molecule has 0 saturated heterocycles. The Morgan fingerprint density at radius 3 is 2.88 bits per heavy atom. The van der Waals surface area contributed by atoms with Crippen LogP contribution in [0.4, 0.5) is 0 Å². The van der Waals surface area contributed by atoms with Crippen molar-refractivity contribution in [1.82, 2.24) is 20.4 Å². The van der Waals surface area contributed by atoms with Crippen molar-refractivity contribution in [3.8, 4) is 0 Å². The molecule has 5 heteroatoms. The van der Waals surface area contributed by atoms with Crippen LogP contribution in [0.25, 0.3) is 0 Å². The number of pyridine rings is 1. The summed E-state index contributed by atoms with van der Waals surface area (Å²) in [5, 5.41) is 6.97. The second-order valence-electron chi connectivity index (χ2n) is 3.49. The fourth-order valence-electron chi connectivity index (χ4n) is 1.38. The number of nitrogens with zero attached hydrogens (tertiary/aromatic N) is 3. The lowest BCUT2D eigenvalue weighted by molar-refractivity contribution is 0.372. The van der Waals surface area contributed by atoms with Gasteiger partial charge in [0, 0.05) is 31.8 Å². The van der Waals surface area contributed by atoms with Gasteiger partial charge in [-0.15, -0.1) is 0 Å². The minimum absolute atomic E-state index is 0.679. The lowest BCUT2D eigenvalue weighted by atomic mass is 10.2. The molecule has 0 aliphatic heterocycles. The van der Waals surface area contributed by atoms with E-state index >= 15 is 0 Å². The SMILES string of the molecule is CNCCc1nc(Cc2ccncc2)no1. The summed E-state index contributed by atoms with van der Waals surface area (Å²) < 4.78 is 5.12. The highest BCUT2D eigenvalue weighted by molar-refractivity contribution is 5.14. The third kappa shape index (κ3) is 2.87. The second-order valence-corrected chi connectivity index (χ2v) is 3.49. The van der Waals surface area contributed by atoms with E-state index in [9.17, 15) is 0 Å². The van der Waals surface area contributed by atoms with Crippen LogP contribution in [0, 0.1) is 0 Å². The normalized spacial score (nSPS) is 10.6. The first-order chi connectivity index (χ1) is 7.88. The predicted octanol–water partition coefficient (Wildman–Crippen LogP) is 0.817. The molecule has 0 saturated carbocycles. The minimum atomic E-state index is 0.679. The summed E-state index contributed by atoms with van der Waals surface area (Å²) in [5.74, 6) is 1.40. The molecule has 0 bridgehead atoms. The summed E-state index contributed by atoms with van der Waals surface area (Å²) in [7, 11) is 1.90. The molecule has 16 heavy (non-hydrogen) atoms. The molecular weight excluding hydrogens is 204 g/mol. The first-order valence-electron chi connectivity index (χ1n) is 5.23. The van der Waals surface area contributed by atoms with Gasteiger partial charge >= 0.3 is 0 Å². The molecule has 0 aliphatic rings. The van der Waals surface area contributed by atoms with Crippen LogP contribution in [-0.2, 0) is 12.8 Å². The van der Waals surface area contributed by atoms with Gasteiger partial charge in [0.25, 0.3) is 0 Å². The largest absolute Gasteiger partial charge is 0.339 e. The zero-order valence-corrected chi connectivity index (χ0v) is 9.18. The Hall–Kier alpha value is -1.75. The van der Waals surface area contributed by atoms with Crippen molar-refractivity contribution in [2.24, 2.45) is 0 Å². The molecule has 2 aromatic heterocycles. The van der Waals surface area contributed by atoms with Crippen LogP contribution in [0.5, 0.6) is 0 Å². The Bertz CT molecular complexity index is 427. The van der Waals surface area contributed by atoms with Gasteiger partial charge in [-0.25, -0.2) is 0 Å². The fourth-order valence-corrected chi connectivity index (χ4v) is 1.38. The number of nitrogens with one attached hydrogen (secondary N) is 1. The van der Waals surface area contributed by atoms with E-state index in [0.29, 0.717) is 12.3 Å². The van der Waals surface area contributed by atoms with E-state index in [1.165, 1.54) is 0 Å². The van der Waals surface area contributed by atoms with Crippen LogP contribution in [0.1, 0.15) is 17.3 Å². The molecule has 0 aromatic carbocycles. The van der Waals surface area contributed by atoms with Crippen LogP contribution < -0.4 is 5.32 Å². The molecule has 0 aliphatic carbocycles. The monoisotopic (exact) mass is 218 g/mol. The van der Waals surface area contributed by atoms with Gasteiger partial charge in [-0.3, -0.25) is 4.98 Å². The summed E-state index contributed by atoms with van der Waals surface area (Å²) in [6, 6.07) is 3.90. The molecule has 84 valence electrons. The fraction of sp³-hybridized carbons (Fsp3) is 0.364. The van der Waals surface area contributed by atoms with Gasteiger partial charge in [0.2, 0.25) is 5.89 Å². The molecular formula is C11H14N4O. The second kappa shape index (κ2) is 5.37. The van der Waals surface area contributed by atoms with Gasteiger partial charge in [0.1, 0.15) is 0 Å². The van der Waals surface area contributed by atoms with Gasteiger partial charge in [-0.1, -0.05) is 5.16 Å². The third-order valence-corrected chi connectivity index (χ3v) is 2.21. The van der Waals surface area contributed by atoms with Crippen molar-refractivity contribution in [3.63, 3.8) is 0 Å². The van der Waals surface area contributed by atoms with E-state index in [4.69, 9.17) is 4.52 Å². The summed E-state index contributed by atoms with van der Waals surface area (Å²) in [6.07, 6.45) is 4.97. The van der Waals surface area contributed by atoms with Crippen molar-refractivity contribution in [2.75, 3.05) is 13.6 Å². The molecule has 0 atom stereocenters. The van der Waals surface area contributed by atoms with Crippen molar-refractivity contribution < 1.29 is 4.52 Å². The Morgan fingerprint density at radius 2 is 2.12 bits per heavy atom. The molecule has 5 nitrogen and oxygen atoms in total. The highest BCUT2D eigenvalue weighted by Crippen LogP contribution is 2.05. The summed E-state index contributed by atoms with van der Waals surface area (Å²) in [6.45, 7) is 0.844. The maximum absolute atomic E-state index is 5.12. The number of rotatable bonds is 5. The first kappa shape index (κ1) is 10.8. The van der Waals surface area contributed by atoms with Crippen molar-refractivity contribution in [1.29, 1.82) is 0 Å². The molecule has 0 amide bonds. The first-order valence-corrected chi connectivity index (χ1v) is 5.23. The third-order valence-electron chi connectivity index (χ3n) is 2.21. The van der Waals surface area contributed by atoms with E-state index in [2.05, 4.69) is 20.4 Å². The number of likely N-dealkylation sites (N-methyl/N-ethyl adjacent to an activating group) is 1. The topological polar surface area (TPSA) is 63.8 Å². The smallest absolute Gasteiger partial charge is 0.227 e. The van der Waals surface area contributed by atoms with Crippen LogP contribution in [0.2, 0.25) is 0 Å². The average Bonchev–Trinajstić information content (AvgIpc) is 2.75. The minimum Gasteiger partial charge on any atom is -0.339 e. The molecule has 0 unspecified atom stereocenters. The molecule has 0 radical (unpaired) electrons. The van der Waals surface area contributed by atoms with Crippen molar-refractivity contribution in [2.45, 2.75) is 12.8 Å². The Labute approximate surface area is 93.9 Å². The molecule has 1 N–H and O–H groups in total. The highest BCUT2D eigenvalue weighted by Gasteiger charge is 2.06. The van der Waals surface area contributed by atoms with Crippen LogP contribution in [0.3, 0.4) is 0 Å².